The molecule has 0 aliphatic carbocycles. The summed E-state index contributed by atoms with van der Waals surface area (Å²) in [6.45, 7) is 2.07. The summed E-state index contributed by atoms with van der Waals surface area (Å²) in [5.74, 6) is -0.141. The fraction of sp³-hybridized carbons (Fsp3) is 0.200. The molecule has 0 amide bonds. The van der Waals surface area contributed by atoms with E-state index in [1.54, 1.807) is 30.3 Å². The molecule has 30 heavy (non-hydrogen) atoms. The number of rotatable bonds is 9. The summed E-state index contributed by atoms with van der Waals surface area (Å²) in [7, 11) is 0. The summed E-state index contributed by atoms with van der Waals surface area (Å²) in [5, 5.41) is 0. The Morgan fingerprint density at radius 2 is 1.60 bits per heavy atom. The average Bonchev–Trinajstić information content (AvgIpc) is 2.77. The van der Waals surface area contributed by atoms with Gasteiger partial charge in [-0.2, -0.15) is 0 Å². The lowest BCUT2D eigenvalue weighted by Crippen LogP contribution is -2.18. The Bertz CT molecular complexity index is 964. The fourth-order valence-electron chi connectivity index (χ4n) is 2.79. The van der Waals surface area contributed by atoms with Crippen LogP contribution in [0.15, 0.2) is 78.9 Å². The lowest BCUT2D eigenvalue weighted by Gasteiger charge is -2.09. The summed E-state index contributed by atoms with van der Waals surface area (Å²) in [6.07, 6.45) is 1.58. The number of hydrogen-bond acceptors (Lipinski definition) is 5. The molecule has 5 nitrogen and oxygen atoms in total. The zero-order valence-electron chi connectivity index (χ0n) is 16.9. The van der Waals surface area contributed by atoms with Crippen LogP contribution in [-0.4, -0.2) is 25.2 Å². The van der Waals surface area contributed by atoms with Gasteiger partial charge in [-0.05, 0) is 55.7 Å². The highest BCUT2D eigenvalue weighted by molar-refractivity contribution is 5.90. The first-order valence-corrected chi connectivity index (χ1v) is 9.81. The van der Waals surface area contributed by atoms with Gasteiger partial charge in [-0.25, -0.2) is 9.59 Å². The zero-order valence-corrected chi connectivity index (χ0v) is 16.9. The molecule has 0 spiro atoms. The monoisotopic (exact) mass is 404 g/mol. The van der Waals surface area contributed by atoms with Crippen molar-refractivity contribution in [1.29, 1.82) is 0 Å². The largest absolute Gasteiger partial charge is 0.482 e. The Balaban J connectivity index is 1.44. The van der Waals surface area contributed by atoms with E-state index in [-0.39, 0.29) is 12.4 Å². The molecule has 3 aromatic carbocycles. The summed E-state index contributed by atoms with van der Waals surface area (Å²) in [6, 6.07) is 23.8. The van der Waals surface area contributed by atoms with E-state index >= 15 is 0 Å². The van der Waals surface area contributed by atoms with Crippen molar-refractivity contribution in [3.63, 3.8) is 0 Å². The highest BCUT2D eigenvalue weighted by Crippen LogP contribution is 2.16. The maximum absolute atomic E-state index is 12.2. The summed E-state index contributed by atoms with van der Waals surface area (Å²) in [5.41, 5.74) is 2.64. The minimum atomic E-state index is -0.552. The standard InChI is InChI=1S/C25H24O5/c1-19-12-14-22(15-13-19)29-18-24(26)30-23-11-5-10-21(17-23)25(27)28-16-6-9-20-7-3-2-4-8-20/h2-5,7-8,10-15,17H,6,9,16,18H2,1H3. The third-order valence-electron chi connectivity index (χ3n) is 4.36. The third-order valence-corrected chi connectivity index (χ3v) is 4.36. The number of carbonyl (C=O) groups is 2. The summed E-state index contributed by atoms with van der Waals surface area (Å²) in [4.78, 5) is 24.3. The molecular formula is C25H24O5. The van der Waals surface area contributed by atoms with Gasteiger partial charge in [-0.1, -0.05) is 54.1 Å². The molecule has 0 fully saturated rings. The number of ether oxygens (including phenoxy) is 3. The van der Waals surface area contributed by atoms with Gasteiger partial charge in [0.05, 0.1) is 12.2 Å². The second kappa shape index (κ2) is 10.8. The zero-order chi connectivity index (χ0) is 21.2. The number of benzene rings is 3. The average molecular weight is 404 g/mol. The van der Waals surface area contributed by atoms with Gasteiger partial charge in [0, 0.05) is 0 Å². The first-order chi connectivity index (χ1) is 14.6. The van der Waals surface area contributed by atoms with Gasteiger partial charge >= 0.3 is 11.9 Å². The molecule has 5 heteroatoms. The molecule has 0 heterocycles. The highest BCUT2D eigenvalue weighted by Gasteiger charge is 2.11. The highest BCUT2D eigenvalue weighted by atomic mass is 16.6. The van der Waals surface area contributed by atoms with Gasteiger partial charge in [0.2, 0.25) is 0 Å². The van der Waals surface area contributed by atoms with E-state index in [9.17, 15) is 9.59 Å². The van der Waals surface area contributed by atoms with Crippen molar-refractivity contribution < 1.29 is 23.8 Å². The lowest BCUT2D eigenvalue weighted by atomic mass is 10.1. The molecule has 0 aliphatic rings. The second-order valence-corrected chi connectivity index (χ2v) is 6.83. The maximum atomic E-state index is 12.2. The van der Waals surface area contributed by atoms with Crippen molar-refractivity contribution in [2.24, 2.45) is 0 Å². The van der Waals surface area contributed by atoms with Crippen molar-refractivity contribution in [3.8, 4) is 11.5 Å². The first kappa shape index (κ1) is 21.1. The van der Waals surface area contributed by atoms with Crippen molar-refractivity contribution >= 4 is 11.9 Å². The van der Waals surface area contributed by atoms with Crippen LogP contribution in [0.5, 0.6) is 11.5 Å². The van der Waals surface area contributed by atoms with Crippen molar-refractivity contribution in [2.45, 2.75) is 19.8 Å². The Kier molecular flexibility index (Phi) is 7.61. The fourth-order valence-corrected chi connectivity index (χ4v) is 2.79. The number of carbonyl (C=O) groups excluding carboxylic acids is 2. The third kappa shape index (κ3) is 6.78. The van der Waals surface area contributed by atoms with Crippen LogP contribution >= 0.6 is 0 Å². The van der Waals surface area contributed by atoms with Gasteiger partial charge in [-0.3, -0.25) is 0 Å². The predicted octanol–water partition coefficient (Wildman–Crippen LogP) is 4.77. The molecule has 3 aromatic rings. The molecule has 0 unspecified atom stereocenters. The van der Waals surface area contributed by atoms with E-state index in [1.165, 1.54) is 11.6 Å². The molecule has 0 aliphatic heterocycles. The van der Waals surface area contributed by atoms with Crippen LogP contribution in [0.1, 0.15) is 27.9 Å². The molecule has 0 N–H and O–H groups in total. The number of esters is 2. The molecule has 0 saturated heterocycles. The van der Waals surface area contributed by atoms with Gasteiger partial charge in [0.15, 0.2) is 6.61 Å². The van der Waals surface area contributed by atoms with E-state index in [0.717, 1.165) is 18.4 Å². The molecule has 0 saturated carbocycles. The van der Waals surface area contributed by atoms with E-state index in [4.69, 9.17) is 14.2 Å². The first-order valence-electron chi connectivity index (χ1n) is 9.81. The van der Waals surface area contributed by atoms with Crippen LogP contribution in [0.3, 0.4) is 0 Å². The van der Waals surface area contributed by atoms with Crippen LogP contribution in [0.4, 0.5) is 0 Å². The van der Waals surface area contributed by atoms with E-state index < -0.39 is 11.9 Å². The normalized spacial score (nSPS) is 10.3. The van der Waals surface area contributed by atoms with Crippen molar-refractivity contribution in [3.05, 3.63) is 95.6 Å². The maximum Gasteiger partial charge on any atom is 0.349 e. The van der Waals surface area contributed by atoms with Crippen LogP contribution in [-0.2, 0) is 16.0 Å². The van der Waals surface area contributed by atoms with E-state index in [2.05, 4.69) is 0 Å². The Hall–Kier alpha value is -3.60. The van der Waals surface area contributed by atoms with Crippen LogP contribution in [0.25, 0.3) is 0 Å². The Morgan fingerprint density at radius 1 is 0.833 bits per heavy atom. The number of hydrogen-bond donors (Lipinski definition) is 0. The Labute approximate surface area is 176 Å². The van der Waals surface area contributed by atoms with Crippen molar-refractivity contribution in [1.82, 2.24) is 0 Å². The summed E-state index contributed by atoms with van der Waals surface area (Å²) < 4.78 is 16.0. The van der Waals surface area contributed by atoms with Crippen LogP contribution in [0.2, 0.25) is 0 Å². The molecule has 0 radical (unpaired) electrons. The Morgan fingerprint density at radius 3 is 2.37 bits per heavy atom. The molecular weight excluding hydrogens is 380 g/mol. The quantitative estimate of drug-likeness (QED) is 0.292. The van der Waals surface area contributed by atoms with Gasteiger partial charge in [0.1, 0.15) is 11.5 Å². The smallest absolute Gasteiger partial charge is 0.349 e. The molecule has 0 aromatic heterocycles. The SMILES string of the molecule is Cc1ccc(OCC(=O)Oc2cccc(C(=O)OCCCc3ccccc3)c2)cc1. The van der Waals surface area contributed by atoms with E-state index in [1.807, 2.05) is 49.4 Å². The van der Waals surface area contributed by atoms with Crippen molar-refractivity contribution in [2.75, 3.05) is 13.2 Å². The predicted molar refractivity (Wildman–Crippen MR) is 114 cm³/mol. The molecule has 0 bridgehead atoms. The van der Waals surface area contributed by atoms with E-state index in [0.29, 0.717) is 17.9 Å². The summed E-state index contributed by atoms with van der Waals surface area (Å²) >= 11 is 0. The minimum Gasteiger partial charge on any atom is -0.482 e. The lowest BCUT2D eigenvalue weighted by molar-refractivity contribution is -0.136. The second-order valence-electron chi connectivity index (χ2n) is 6.83. The van der Waals surface area contributed by atoms with Crippen LogP contribution in [0, 0.1) is 6.92 Å². The molecule has 0 atom stereocenters. The number of aryl methyl sites for hydroxylation is 2. The topological polar surface area (TPSA) is 61.8 Å². The minimum absolute atomic E-state index is 0.225. The molecule has 154 valence electrons. The van der Waals surface area contributed by atoms with Gasteiger partial charge in [0.25, 0.3) is 0 Å². The van der Waals surface area contributed by atoms with Gasteiger partial charge in [-0.15, -0.1) is 0 Å². The molecule has 3 rings (SSSR count). The van der Waals surface area contributed by atoms with Crippen LogP contribution < -0.4 is 9.47 Å². The van der Waals surface area contributed by atoms with Gasteiger partial charge < -0.3 is 14.2 Å².